The van der Waals surface area contributed by atoms with Gasteiger partial charge < -0.3 is 5.32 Å². The van der Waals surface area contributed by atoms with Gasteiger partial charge in [-0.2, -0.15) is 4.98 Å². The molecular formula is C21H31N5O3S. The molecule has 2 aromatic heterocycles. The van der Waals surface area contributed by atoms with Gasteiger partial charge >= 0.3 is 0 Å². The van der Waals surface area contributed by atoms with E-state index in [2.05, 4.69) is 17.2 Å². The molecule has 1 saturated heterocycles. The summed E-state index contributed by atoms with van der Waals surface area (Å²) in [6.07, 6.45) is 10.5. The van der Waals surface area contributed by atoms with E-state index in [1.165, 1.54) is 10.6 Å². The second kappa shape index (κ2) is 8.63. The fraction of sp³-hybridized carbons (Fsp3) is 0.667. The highest BCUT2D eigenvalue weighted by Crippen LogP contribution is 2.31. The van der Waals surface area contributed by atoms with Crippen molar-refractivity contribution in [3.05, 3.63) is 28.2 Å². The third kappa shape index (κ3) is 4.37. The van der Waals surface area contributed by atoms with Crippen LogP contribution in [0, 0.1) is 0 Å². The van der Waals surface area contributed by atoms with Crippen LogP contribution in [0.4, 0.5) is 5.95 Å². The molecule has 4 rings (SSSR count). The van der Waals surface area contributed by atoms with Crippen molar-refractivity contribution in [3.63, 3.8) is 0 Å². The first-order valence-electron chi connectivity index (χ1n) is 11.0. The van der Waals surface area contributed by atoms with Gasteiger partial charge in [-0.1, -0.05) is 26.2 Å². The second-order valence-corrected chi connectivity index (χ2v) is 10.6. The Hall–Kier alpha value is -2.00. The van der Waals surface area contributed by atoms with E-state index in [0.29, 0.717) is 37.5 Å². The first-order valence-corrected chi connectivity index (χ1v) is 12.8. The number of pyridine rings is 1. The molecule has 0 unspecified atom stereocenters. The molecule has 0 atom stereocenters. The van der Waals surface area contributed by atoms with Gasteiger partial charge in [0.15, 0.2) is 0 Å². The molecule has 0 aromatic carbocycles. The number of hydrogen-bond acceptors (Lipinski definition) is 6. The summed E-state index contributed by atoms with van der Waals surface area (Å²) in [5.41, 5.74) is 1.63. The topological polar surface area (TPSA) is 97.2 Å². The third-order valence-electron chi connectivity index (χ3n) is 6.31. The van der Waals surface area contributed by atoms with Crippen LogP contribution < -0.4 is 10.9 Å². The molecule has 164 valence electrons. The molecule has 2 aliphatic rings. The van der Waals surface area contributed by atoms with Crippen LogP contribution in [0.5, 0.6) is 0 Å². The molecule has 1 aliphatic heterocycles. The Balaban J connectivity index is 1.62. The Morgan fingerprint density at radius 2 is 1.87 bits per heavy atom. The van der Waals surface area contributed by atoms with Crippen LogP contribution >= 0.6 is 0 Å². The quantitative estimate of drug-likeness (QED) is 0.752. The maximum Gasteiger partial charge on any atom is 0.255 e. The average Bonchev–Trinajstić information content (AvgIpc) is 3.23. The van der Waals surface area contributed by atoms with Crippen LogP contribution in [0.25, 0.3) is 11.0 Å². The van der Waals surface area contributed by atoms with Crippen molar-refractivity contribution in [2.75, 3.05) is 24.7 Å². The zero-order valence-corrected chi connectivity index (χ0v) is 18.6. The predicted octanol–water partition coefficient (Wildman–Crippen LogP) is 2.70. The molecule has 0 bridgehead atoms. The van der Waals surface area contributed by atoms with Crippen molar-refractivity contribution in [1.29, 1.82) is 0 Å². The standard InChI is InChI=1S/C21H31N5O3S/c1-3-6-15-13-16-14-22-21(23-17-9-11-25(12-10-17)30(2,28)29)24-19(16)26(20(15)27)18-7-4-5-8-18/h13-14,17-18H,3-12H2,1-2H3,(H,22,23,24). The Morgan fingerprint density at radius 1 is 1.17 bits per heavy atom. The molecule has 30 heavy (non-hydrogen) atoms. The van der Waals surface area contributed by atoms with Crippen molar-refractivity contribution in [2.45, 2.75) is 70.4 Å². The van der Waals surface area contributed by atoms with Crippen molar-refractivity contribution in [1.82, 2.24) is 18.8 Å². The van der Waals surface area contributed by atoms with E-state index in [1.807, 2.05) is 10.6 Å². The van der Waals surface area contributed by atoms with Crippen LogP contribution in [0.15, 0.2) is 17.1 Å². The molecule has 2 fully saturated rings. The molecule has 9 heteroatoms. The summed E-state index contributed by atoms with van der Waals surface area (Å²) >= 11 is 0. The number of rotatable bonds is 6. The van der Waals surface area contributed by atoms with E-state index < -0.39 is 10.0 Å². The van der Waals surface area contributed by atoms with Crippen molar-refractivity contribution >= 4 is 27.0 Å². The van der Waals surface area contributed by atoms with E-state index in [1.54, 1.807) is 6.20 Å². The molecule has 1 N–H and O–H groups in total. The van der Waals surface area contributed by atoms with Crippen LogP contribution in [0.1, 0.15) is 63.5 Å². The summed E-state index contributed by atoms with van der Waals surface area (Å²) in [4.78, 5) is 22.5. The molecular weight excluding hydrogens is 402 g/mol. The number of aromatic nitrogens is 3. The van der Waals surface area contributed by atoms with Gasteiger partial charge in [-0.15, -0.1) is 0 Å². The summed E-state index contributed by atoms with van der Waals surface area (Å²) in [7, 11) is -3.14. The Bertz CT molecular complexity index is 1070. The Kier molecular flexibility index (Phi) is 6.11. The Labute approximate surface area is 177 Å². The van der Waals surface area contributed by atoms with Crippen LogP contribution in [0.3, 0.4) is 0 Å². The molecule has 1 saturated carbocycles. The van der Waals surface area contributed by atoms with Gasteiger partial charge in [0.25, 0.3) is 5.56 Å². The second-order valence-electron chi connectivity index (χ2n) is 8.59. The minimum Gasteiger partial charge on any atom is -0.351 e. The summed E-state index contributed by atoms with van der Waals surface area (Å²) in [6, 6.07) is 2.27. The molecule has 3 heterocycles. The van der Waals surface area contributed by atoms with E-state index in [4.69, 9.17) is 4.98 Å². The van der Waals surface area contributed by atoms with Gasteiger partial charge in [0, 0.05) is 42.3 Å². The normalized spacial score (nSPS) is 19.5. The molecule has 8 nitrogen and oxygen atoms in total. The SMILES string of the molecule is CCCc1cc2cnc(NC3CCN(S(C)(=O)=O)CC3)nc2n(C2CCCC2)c1=O. The molecule has 1 aliphatic carbocycles. The third-order valence-corrected chi connectivity index (χ3v) is 7.62. The van der Waals surface area contributed by atoms with Crippen molar-refractivity contribution in [3.8, 4) is 0 Å². The van der Waals surface area contributed by atoms with Crippen molar-refractivity contribution in [2.24, 2.45) is 0 Å². The number of piperidine rings is 1. The largest absolute Gasteiger partial charge is 0.351 e. The van der Waals surface area contributed by atoms with E-state index in [9.17, 15) is 13.2 Å². The van der Waals surface area contributed by atoms with E-state index in [-0.39, 0.29) is 17.6 Å². The lowest BCUT2D eigenvalue weighted by Gasteiger charge is -2.30. The van der Waals surface area contributed by atoms with Crippen LogP contribution in [0.2, 0.25) is 0 Å². The maximum atomic E-state index is 13.2. The summed E-state index contributed by atoms with van der Waals surface area (Å²) in [6.45, 7) is 3.08. The van der Waals surface area contributed by atoms with Gasteiger partial charge in [-0.05, 0) is 38.2 Å². The fourth-order valence-corrected chi connectivity index (χ4v) is 5.58. The number of sulfonamides is 1. The van der Waals surface area contributed by atoms with Gasteiger partial charge in [0.2, 0.25) is 16.0 Å². The minimum atomic E-state index is -3.14. The average molecular weight is 434 g/mol. The number of fused-ring (bicyclic) bond motifs is 1. The molecule has 0 radical (unpaired) electrons. The molecule has 2 aromatic rings. The smallest absolute Gasteiger partial charge is 0.255 e. The lowest BCUT2D eigenvalue weighted by molar-refractivity contribution is 0.331. The summed E-state index contributed by atoms with van der Waals surface area (Å²) < 4.78 is 26.9. The van der Waals surface area contributed by atoms with Gasteiger partial charge in [-0.3, -0.25) is 9.36 Å². The van der Waals surface area contributed by atoms with Crippen LogP contribution in [-0.4, -0.2) is 52.6 Å². The molecule has 0 spiro atoms. The first kappa shape index (κ1) is 21.2. The van der Waals surface area contributed by atoms with Gasteiger partial charge in [-0.25, -0.2) is 17.7 Å². The summed E-state index contributed by atoms with van der Waals surface area (Å²) in [5, 5.41) is 4.27. The van der Waals surface area contributed by atoms with Gasteiger partial charge in [0.1, 0.15) is 5.65 Å². The maximum absolute atomic E-state index is 13.2. The first-order chi connectivity index (χ1) is 14.4. The number of hydrogen-bond donors (Lipinski definition) is 1. The predicted molar refractivity (Wildman–Crippen MR) is 118 cm³/mol. The number of nitrogens with one attached hydrogen (secondary N) is 1. The zero-order chi connectivity index (χ0) is 21.3. The highest BCUT2D eigenvalue weighted by molar-refractivity contribution is 7.88. The highest BCUT2D eigenvalue weighted by atomic mass is 32.2. The van der Waals surface area contributed by atoms with Crippen LogP contribution in [-0.2, 0) is 16.4 Å². The van der Waals surface area contributed by atoms with E-state index in [0.717, 1.165) is 49.5 Å². The zero-order valence-electron chi connectivity index (χ0n) is 17.8. The van der Waals surface area contributed by atoms with Gasteiger partial charge in [0.05, 0.1) is 6.26 Å². The number of aryl methyl sites for hydroxylation is 1. The molecule has 0 amide bonds. The lowest BCUT2D eigenvalue weighted by Crippen LogP contribution is -2.42. The summed E-state index contributed by atoms with van der Waals surface area (Å²) in [5.74, 6) is 0.509. The van der Waals surface area contributed by atoms with E-state index >= 15 is 0 Å². The van der Waals surface area contributed by atoms with Crippen molar-refractivity contribution < 1.29 is 8.42 Å². The fourth-order valence-electron chi connectivity index (χ4n) is 4.71. The Morgan fingerprint density at radius 3 is 2.50 bits per heavy atom. The monoisotopic (exact) mass is 433 g/mol. The number of anilines is 1. The highest BCUT2D eigenvalue weighted by Gasteiger charge is 2.26. The number of nitrogens with zero attached hydrogens (tertiary/aromatic N) is 4. The minimum absolute atomic E-state index is 0.0855. The lowest BCUT2D eigenvalue weighted by atomic mass is 10.1.